The molecule has 2 aromatic rings. The number of aliphatic carboxylic acids is 1. The van der Waals surface area contributed by atoms with Gasteiger partial charge in [-0.1, -0.05) is 6.07 Å². The molecule has 0 aromatic heterocycles. The minimum atomic E-state index is -4.78. The number of ether oxygens (including phenoxy) is 3. The molecule has 2 aliphatic heterocycles. The lowest BCUT2D eigenvalue weighted by atomic mass is 9.97. The van der Waals surface area contributed by atoms with Gasteiger partial charge in [0.25, 0.3) is 0 Å². The summed E-state index contributed by atoms with van der Waals surface area (Å²) >= 11 is 0. The zero-order valence-electron chi connectivity index (χ0n) is 20.5. The number of rotatable bonds is 10. The van der Waals surface area contributed by atoms with Gasteiger partial charge in [-0.3, -0.25) is 9.69 Å². The van der Waals surface area contributed by atoms with Crippen molar-refractivity contribution in [2.24, 2.45) is 5.92 Å². The average Bonchev–Trinajstić information content (AvgIpc) is 2.90. The lowest BCUT2D eigenvalue weighted by molar-refractivity contribution is -0.143. The van der Waals surface area contributed by atoms with Gasteiger partial charge >= 0.3 is 12.1 Å². The predicted octanol–water partition coefficient (Wildman–Crippen LogP) is 5.54. The molecule has 0 bridgehead atoms. The molecule has 0 radical (unpaired) electrons. The van der Waals surface area contributed by atoms with Crippen molar-refractivity contribution in [2.45, 2.75) is 31.7 Å². The smallest absolute Gasteiger partial charge is 0.419 e. The minimum Gasteiger partial charge on any atom is -0.489 e. The Morgan fingerprint density at radius 2 is 1.95 bits per heavy atom. The van der Waals surface area contributed by atoms with E-state index in [4.69, 9.17) is 14.2 Å². The van der Waals surface area contributed by atoms with E-state index in [2.05, 4.69) is 4.90 Å². The highest BCUT2D eigenvalue weighted by Crippen LogP contribution is 2.38. The Morgan fingerprint density at radius 1 is 1.16 bits per heavy atom. The molecule has 0 unspecified atom stereocenters. The van der Waals surface area contributed by atoms with Crippen LogP contribution in [0.4, 0.5) is 22.0 Å². The quantitative estimate of drug-likeness (QED) is 0.399. The summed E-state index contributed by atoms with van der Waals surface area (Å²) in [6.07, 6.45) is -2.89. The summed E-state index contributed by atoms with van der Waals surface area (Å²) < 4.78 is 82.4. The van der Waals surface area contributed by atoms with Crippen molar-refractivity contribution < 1.29 is 46.1 Å². The molecule has 0 spiro atoms. The first-order chi connectivity index (χ1) is 18.2. The molecule has 2 heterocycles. The van der Waals surface area contributed by atoms with Crippen molar-refractivity contribution in [1.82, 2.24) is 4.90 Å². The molecule has 0 saturated carbocycles. The van der Waals surface area contributed by atoms with E-state index in [9.17, 15) is 31.9 Å². The van der Waals surface area contributed by atoms with E-state index in [1.54, 1.807) is 18.2 Å². The van der Waals surface area contributed by atoms with Crippen LogP contribution in [0.2, 0.25) is 0 Å². The summed E-state index contributed by atoms with van der Waals surface area (Å²) in [5, 5.41) is 9.29. The molecule has 0 aliphatic carbocycles. The molecule has 1 saturated heterocycles. The summed E-state index contributed by atoms with van der Waals surface area (Å²) in [6.45, 7) is -0.408. The van der Waals surface area contributed by atoms with Crippen LogP contribution in [0.1, 0.15) is 29.5 Å². The lowest BCUT2D eigenvalue weighted by Crippen LogP contribution is -2.40. The van der Waals surface area contributed by atoms with Gasteiger partial charge in [0.05, 0.1) is 11.5 Å². The number of likely N-dealkylation sites (tertiary alicyclic amines) is 1. The monoisotopic (exact) mass is 541 g/mol. The predicted molar refractivity (Wildman–Crippen MR) is 129 cm³/mol. The third-order valence-electron chi connectivity index (χ3n) is 6.43. The van der Waals surface area contributed by atoms with E-state index in [0.717, 1.165) is 36.2 Å². The van der Waals surface area contributed by atoms with Crippen LogP contribution in [0, 0.1) is 5.92 Å². The van der Waals surface area contributed by atoms with Gasteiger partial charge in [-0.25, -0.2) is 8.78 Å². The van der Waals surface area contributed by atoms with E-state index >= 15 is 0 Å². The van der Waals surface area contributed by atoms with Crippen LogP contribution in [0.5, 0.6) is 17.2 Å². The molecule has 11 heteroatoms. The van der Waals surface area contributed by atoms with Crippen LogP contribution in [0.25, 0.3) is 6.08 Å². The molecule has 2 aliphatic rings. The Morgan fingerprint density at radius 3 is 2.66 bits per heavy atom. The van der Waals surface area contributed by atoms with Crippen molar-refractivity contribution in [2.75, 3.05) is 39.6 Å². The maximum atomic E-state index is 13.5. The second-order valence-corrected chi connectivity index (χ2v) is 9.37. The van der Waals surface area contributed by atoms with Gasteiger partial charge in [0.1, 0.15) is 43.8 Å². The second-order valence-electron chi connectivity index (χ2n) is 9.37. The van der Waals surface area contributed by atoms with Crippen molar-refractivity contribution in [1.29, 1.82) is 0 Å². The number of alkyl halides is 5. The molecule has 4 rings (SSSR count). The maximum Gasteiger partial charge on any atom is 0.419 e. The Hall–Kier alpha value is -3.34. The van der Waals surface area contributed by atoms with Crippen molar-refractivity contribution >= 4 is 12.0 Å². The average molecular weight is 542 g/mol. The number of hydrogen-bond donors (Lipinski definition) is 1. The Balaban J connectivity index is 1.40. The number of nitrogens with zero attached hydrogens (tertiary/aromatic N) is 1. The van der Waals surface area contributed by atoms with Crippen LogP contribution in [0.3, 0.4) is 0 Å². The highest BCUT2D eigenvalue weighted by Gasteiger charge is 2.35. The number of carboxylic acid groups (broad SMARTS) is 1. The molecule has 1 fully saturated rings. The fraction of sp³-hybridized carbons (Fsp3) is 0.444. The van der Waals surface area contributed by atoms with Crippen LogP contribution in [0.15, 0.2) is 42.0 Å². The summed E-state index contributed by atoms with van der Waals surface area (Å²) in [5.41, 5.74) is 0.896. The standard InChI is InChI=1S/C27H28F5NO5/c28-11-22(12-29)38-24-6-3-17(9-23(24)27(30,31)32)15-36-21-5-4-19-8-18(16-37-25(19)10-21)13-33-7-1-2-20(14-33)26(34)35/h3-6,8-10,20,22H,1-2,7,11-16H2,(H,34,35)/t20-/m0/s1. The number of halogens is 5. The topological polar surface area (TPSA) is 68.2 Å². The number of benzene rings is 2. The molecular weight excluding hydrogens is 513 g/mol. The van der Waals surface area contributed by atoms with Crippen LogP contribution >= 0.6 is 0 Å². The van der Waals surface area contributed by atoms with Gasteiger partial charge in [0.15, 0.2) is 6.10 Å². The molecule has 2 aromatic carbocycles. The molecule has 38 heavy (non-hydrogen) atoms. The zero-order chi connectivity index (χ0) is 27.3. The van der Waals surface area contributed by atoms with Crippen LogP contribution in [-0.4, -0.2) is 61.7 Å². The van der Waals surface area contributed by atoms with Crippen molar-refractivity contribution in [3.05, 3.63) is 58.7 Å². The summed E-state index contributed by atoms with van der Waals surface area (Å²) in [7, 11) is 0. The fourth-order valence-electron chi connectivity index (χ4n) is 4.50. The number of carboxylic acids is 1. The first kappa shape index (κ1) is 27.7. The molecule has 6 nitrogen and oxygen atoms in total. The Labute approximate surface area is 216 Å². The minimum absolute atomic E-state index is 0.182. The molecule has 1 atom stereocenters. The number of fused-ring (bicyclic) bond motifs is 1. The van der Waals surface area contributed by atoms with Gasteiger partial charge in [-0.2, -0.15) is 13.2 Å². The highest BCUT2D eigenvalue weighted by molar-refractivity contribution is 5.70. The van der Waals surface area contributed by atoms with Crippen molar-refractivity contribution in [3.63, 3.8) is 0 Å². The van der Waals surface area contributed by atoms with Gasteiger partial charge in [-0.15, -0.1) is 0 Å². The fourth-order valence-corrected chi connectivity index (χ4v) is 4.50. The van der Waals surface area contributed by atoms with E-state index < -0.39 is 42.9 Å². The highest BCUT2D eigenvalue weighted by atomic mass is 19.4. The van der Waals surface area contributed by atoms with E-state index in [0.29, 0.717) is 37.6 Å². The van der Waals surface area contributed by atoms with E-state index in [1.807, 2.05) is 6.08 Å². The van der Waals surface area contributed by atoms with E-state index in [1.165, 1.54) is 6.07 Å². The van der Waals surface area contributed by atoms with Gasteiger partial charge in [0.2, 0.25) is 0 Å². The first-order valence-electron chi connectivity index (χ1n) is 12.2. The van der Waals surface area contributed by atoms with Crippen molar-refractivity contribution in [3.8, 4) is 17.2 Å². The molecule has 206 valence electrons. The molecule has 1 N–H and O–H groups in total. The second kappa shape index (κ2) is 12.0. The van der Waals surface area contributed by atoms with Gasteiger partial charge < -0.3 is 19.3 Å². The Bertz CT molecular complexity index is 1170. The number of carbonyl (C=O) groups is 1. The van der Waals surface area contributed by atoms with E-state index in [-0.39, 0.29) is 18.1 Å². The zero-order valence-corrected chi connectivity index (χ0v) is 20.5. The third-order valence-corrected chi connectivity index (χ3v) is 6.43. The largest absolute Gasteiger partial charge is 0.489 e. The summed E-state index contributed by atoms with van der Waals surface area (Å²) in [4.78, 5) is 13.4. The third kappa shape index (κ3) is 6.94. The van der Waals surface area contributed by atoms with Crippen LogP contribution in [-0.2, 0) is 17.6 Å². The van der Waals surface area contributed by atoms with Crippen LogP contribution < -0.4 is 14.2 Å². The lowest BCUT2D eigenvalue weighted by Gasteiger charge is -2.32. The maximum absolute atomic E-state index is 13.5. The Kier molecular flexibility index (Phi) is 8.76. The SMILES string of the molecule is O=C(O)[C@H]1CCCN(CC2=Cc3ccc(OCc4ccc(OC(CF)CF)c(C(F)(F)F)c4)cc3OC2)C1. The molecular formula is C27H28F5NO5. The summed E-state index contributed by atoms with van der Waals surface area (Å²) in [6, 6.07) is 8.33. The normalized spacial score (nSPS) is 17.9. The summed E-state index contributed by atoms with van der Waals surface area (Å²) in [5.74, 6) is -0.822. The van der Waals surface area contributed by atoms with Gasteiger partial charge in [-0.05, 0) is 60.9 Å². The first-order valence-corrected chi connectivity index (χ1v) is 12.2. The number of piperidine rings is 1. The molecule has 0 amide bonds. The van der Waals surface area contributed by atoms with Gasteiger partial charge in [0, 0.05) is 24.7 Å². The number of hydrogen-bond acceptors (Lipinski definition) is 5.